The fourth-order valence-corrected chi connectivity index (χ4v) is 5.29. The number of aryl methyl sites for hydroxylation is 2. The maximum absolute atomic E-state index is 14.4. The topological polar surface area (TPSA) is 78.9 Å². The lowest BCUT2D eigenvalue weighted by Gasteiger charge is -2.24. The van der Waals surface area contributed by atoms with Crippen molar-refractivity contribution in [2.24, 2.45) is 0 Å². The molecule has 4 aromatic rings. The van der Waals surface area contributed by atoms with Gasteiger partial charge in [-0.25, -0.2) is 9.37 Å². The van der Waals surface area contributed by atoms with Crippen LogP contribution in [-0.2, 0) is 13.0 Å². The van der Waals surface area contributed by atoms with Crippen LogP contribution in [-0.4, -0.2) is 19.7 Å². The van der Waals surface area contributed by atoms with E-state index in [1.807, 2.05) is 23.7 Å². The Morgan fingerprint density at radius 2 is 2.06 bits per heavy atom. The average molecular weight is 442 g/mol. The molecule has 3 aromatic heterocycles. The average Bonchev–Trinajstić information content (AvgIpc) is 3.39. The Labute approximate surface area is 191 Å². The zero-order valence-corrected chi connectivity index (χ0v) is 18.5. The molecule has 0 unspecified atom stereocenters. The number of anilines is 1. The maximum atomic E-state index is 14.4. The van der Waals surface area contributed by atoms with E-state index < -0.39 is 6.10 Å². The largest absolute Gasteiger partial charge is 0.482 e. The molecule has 1 aliphatic heterocycles. The van der Waals surface area contributed by atoms with Crippen molar-refractivity contribution in [3.05, 3.63) is 77.0 Å². The number of pyridine rings is 2. The molecule has 2 bridgehead atoms. The molecule has 0 saturated heterocycles. The van der Waals surface area contributed by atoms with Crippen LogP contribution in [0.4, 0.5) is 10.2 Å². The van der Waals surface area contributed by atoms with Crippen molar-refractivity contribution in [2.75, 3.05) is 5.73 Å². The molecule has 0 amide bonds. The SMILES string of the molecule is CCn1nc2c3c1-c1cnc(N)c(c1)O[C@H](C)c1cc(F)ccc1-c1ncccc1[C@H]3CC2. The number of hydrogen-bond acceptors (Lipinski definition) is 5. The standard InChI is InChI=1S/C26H24FN5O/c1-3-32-25-15-11-22(26(28)30-13-15)33-14(2)20-12-16(27)6-7-19(20)24-18(5-4-10-29-24)17-8-9-21(31-32)23(17)25/h4-7,10-14,17H,3,8-9H2,1-2H3,(H2,28,30)/t14-,17-/m1/s1. The highest BCUT2D eigenvalue weighted by Crippen LogP contribution is 2.47. The zero-order valence-electron chi connectivity index (χ0n) is 18.5. The summed E-state index contributed by atoms with van der Waals surface area (Å²) < 4.78 is 22.7. The number of nitrogen functional groups attached to an aromatic ring is 1. The van der Waals surface area contributed by atoms with Crippen molar-refractivity contribution in [1.82, 2.24) is 19.7 Å². The Morgan fingerprint density at radius 3 is 2.91 bits per heavy atom. The van der Waals surface area contributed by atoms with Crippen LogP contribution in [0.3, 0.4) is 0 Å². The Kier molecular flexibility index (Phi) is 4.47. The molecular formula is C26H24FN5O. The molecule has 6 nitrogen and oxygen atoms in total. The molecule has 0 spiro atoms. The lowest BCUT2D eigenvalue weighted by Crippen LogP contribution is -2.11. The van der Waals surface area contributed by atoms with Crippen LogP contribution in [0.2, 0.25) is 0 Å². The molecule has 4 heterocycles. The number of rotatable bonds is 1. The molecule has 2 atom stereocenters. The minimum absolute atomic E-state index is 0.133. The molecular weight excluding hydrogens is 417 g/mol. The Hall–Kier alpha value is -3.74. The van der Waals surface area contributed by atoms with Gasteiger partial charge in [-0.2, -0.15) is 5.10 Å². The Bertz CT molecular complexity index is 1400. The van der Waals surface area contributed by atoms with Crippen molar-refractivity contribution in [3.63, 3.8) is 0 Å². The van der Waals surface area contributed by atoms with Crippen molar-refractivity contribution in [2.45, 2.75) is 45.3 Å². The first-order valence-electron chi connectivity index (χ1n) is 11.3. The van der Waals surface area contributed by atoms with Gasteiger partial charge in [-0.05, 0) is 62.6 Å². The van der Waals surface area contributed by atoms with Crippen molar-refractivity contribution < 1.29 is 9.13 Å². The maximum Gasteiger partial charge on any atom is 0.166 e. The van der Waals surface area contributed by atoms with E-state index in [-0.39, 0.29) is 11.7 Å². The van der Waals surface area contributed by atoms with Crippen LogP contribution < -0.4 is 10.5 Å². The van der Waals surface area contributed by atoms with Crippen LogP contribution in [0.25, 0.3) is 22.5 Å². The molecule has 1 aromatic carbocycles. The highest BCUT2D eigenvalue weighted by molar-refractivity contribution is 5.74. The summed E-state index contributed by atoms with van der Waals surface area (Å²) >= 11 is 0. The van der Waals surface area contributed by atoms with E-state index in [1.165, 1.54) is 17.7 Å². The fraction of sp³-hybridized carbons (Fsp3) is 0.269. The van der Waals surface area contributed by atoms with Gasteiger partial charge in [-0.15, -0.1) is 0 Å². The smallest absolute Gasteiger partial charge is 0.166 e. The molecule has 1 aliphatic carbocycles. The van der Waals surface area contributed by atoms with Gasteiger partial charge in [0.05, 0.1) is 17.1 Å². The third-order valence-corrected chi connectivity index (χ3v) is 6.76. The van der Waals surface area contributed by atoms with E-state index in [2.05, 4.69) is 18.0 Å². The predicted molar refractivity (Wildman–Crippen MR) is 124 cm³/mol. The highest BCUT2D eigenvalue weighted by Gasteiger charge is 2.35. The molecule has 166 valence electrons. The summed E-state index contributed by atoms with van der Waals surface area (Å²) in [6.45, 7) is 4.73. The summed E-state index contributed by atoms with van der Waals surface area (Å²) in [4.78, 5) is 9.21. The third kappa shape index (κ3) is 3.03. The van der Waals surface area contributed by atoms with Crippen molar-refractivity contribution in [3.8, 4) is 28.3 Å². The second kappa shape index (κ2) is 7.40. The number of aromatic nitrogens is 4. The number of hydrogen-bond donors (Lipinski definition) is 1. The van der Waals surface area contributed by atoms with Crippen LogP contribution >= 0.6 is 0 Å². The van der Waals surface area contributed by atoms with Crippen molar-refractivity contribution in [1.29, 1.82) is 0 Å². The second-order valence-corrected chi connectivity index (χ2v) is 8.66. The monoisotopic (exact) mass is 441 g/mol. The highest BCUT2D eigenvalue weighted by atomic mass is 19.1. The number of halogens is 1. The summed E-state index contributed by atoms with van der Waals surface area (Å²) in [6, 6.07) is 10.8. The normalized spacial score (nSPS) is 18.4. The first kappa shape index (κ1) is 19.9. The quantitative estimate of drug-likeness (QED) is 0.435. The molecule has 33 heavy (non-hydrogen) atoms. The Morgan fingerprint density at radius 1 is 1.18 bits per heavy atom. The van der Waals surface area contributed by atoms with Crippen molar-refractivity contribution >= 4 is 5.82 Å². The van der Waals surface area contributed by atoms with Gasteiger partial charge in [0.1, 0.15) is 11.9 Å². The van der Waals surface area contributed by atoms with Crippen LogP contribution in [0.15, 0.2) is 48.8 Å². The van der Waals surface area contributed by atoms with E-state index in [9.17, 15) is 4.39 Å². The molecule has 0 radical (unpaired) electrons. The Balaban J connectivity index is 1.71. The lowest BCUT2D eigenvalue weighted by molar-refractivity contribution is 0.227. The van der Waals surface area contributed by atoms with Gasteiger partial charge in [0.2, 0.25) is 0 Å². The van der Waals surface area contributed by atoms with E-state index >= 15 is 0 Å². The predicted octanol–water partition coefficient (Wildman–Crippen LogP) is 5.28. The zero-order chi connectivity index (χ0) is 22.7. The van der Waals surface area contributed by atoms with Crippen LogP contribution in [0.5, 0.6) is 5.75 Å². The molecule has 2 aliphatic rings. The summed E-state index contributed by atoms with van der Waals surface area (Å²) in [5.41, 5.74) is 14.0. The molecule has 0 saturated carbocycles. The molecule has 2 N–H and O–H groups in total. The summed E-state index contributed by atoms with van der Waals surface area (Å²) in [7, 11) is 0. The number of nitrogens with two attached hydrogens (primary N) is 1. The second-order valence-electron chi connectivity index (χ2n) is 8.66. The lowest BCUT2D eigenvalue weighted by atomic mass is 9.86. The number of benzene rings is 1. The number of nitrogens with zero attached hydrogens (tertiary/aromatic N) is 4. The minimum atomic E-state index is -0.459. The first-order valence-corrected chi connectivity index (χ1v) is 11.3. The van der Waals surface area contributed by atoms with Gasteiger partial charge >= 0.3 is 0 Å². The molecule has 0 fully saturated rings. The minimum Gasteiger partial charge on any atom is -0.482 e. The number of fused-ring (bicyclic) bond motifs is 7. The van der Waals surface area contributed by atoms with Gasteiger partial charge in [0, 0.05) is 47.1 Å². The van der Waals surface area contributed by atoms with Gasteiger partial charge in [-0.3, -0.25) is 9.67 Å². The van der Waals surface area contributed by atoms with E-state index in [0.29, 0.717) is 11.6 Å². The third-order valence-electron chi connectivity index (χ3n) is 6.76. The van der Waals surface area contributed by atoms with Gasteiger partial charge in [0.15, 0.2) is 11.6 Å². The van der Waals surface area contributed by atoms with E-state index in [0.717, 1.165) is 58.7 Å². The molecule has 6 rings (SSSR count). The van der Waals surface area contributed by atoms with E-state index in [4.69, 9.17) is 20.6 Å². The van der Waals surface area contributed by atoms with Crippen LogP contribution in [0.1, 0.15) is 54.7 Å². The van der Waals surface area contributed by atoms with Gasteiger partial charge in [-0.1, -0.05) is 6.07 Å². The summed E-state index contributed by atoms with van der Waals surface area (Å²) in [5, 5.41) is 4.93. The first-order chi connectivity index (χ1) is 16.0. The van der Waals surface area contributed by atoms with Gasteiger partial charge in [0.25, 0.3) is 0 Å². The summed E-state index contributed by atoms with van der Waals surface area (Å²) in [6.07, 6.45) is 4.97. The molecule has 7 heteroatoms. The van der Waals surface area contributed by atoms with Gasteiger partial charge < -0.3 is 10.5 Å². The number of ether oxygens (including phenoxy) is 1. The fourth-order valence-electron chi connectivity index (χ4n) is 5.29. The van der Waals surface area contributed by atoms with Crippen LogP contribution in [0, 0.1) is 5.82 Å². The van der Waals surface area contributed by atoms with E-state index in [1.54, 1.807) is 18.5 Å². The summed E-state index contributed by atoms with van der Waals surface area (Å²) in [5.74, 6) is 0.593.